The van der Waals surface area contributed by atoms with Crippen LogP contribution in [0.5, 0.6) is 0 Å². The molecular formula is C49H87NO3. The van der Waals surface area contributed by atoms with Gasteiger partial charge in [-0.05, 0) is 77.0 Å². The second kappa shape index (κ2) is 44.2. The molecule has 3 N–H and O–H groups in total. The topological polar surface area (TPSA) is 69.6 Å². The van der Waals surface area contributed by atoms with Gasteiger partial charge in [0, 0.05) is 6.42 Å². The molecule has 53 heavy (non-hydrogen) atoms. The Labute approximate surface area is 329 Å². The lowest BCUT2D eigenvalue weighted by atomic mass is 10.0. The fourth-order valence-electron chi connectivity index (χ4n) is 6.46. The summed E-state index contributed by atoms with van der Waals surface area (Å²) < 4.78 is 0. The van der Waals surface area contributed by atoms with Crippen molar-refractivity contribution < 1.29 is 15.0 Å². The number of unbranched alkanes of at least 4 members (excludes halogenated alkanes) is 23. The number of nitrogens with one attached hydrogen (secondary N) is 1. The molecule has 2 unspecified atom stereocenters. The Hall–Kier alpha value is -2.17. The minimum absolute atomic E-state index is 0.0906. The number of carbonyl (C=O) groups excluding carboxylic acids is 1. The second-order valence-electron chi connectivity index (χ2n) is 15.1. The Morgan fingerprint density at radius 1 is 0.472 bits per heavy atom. The molecule has 0 bridgehead atoms. The van der Waals surface area contributed by atoms with Crippen LogP contribution in [-0.2, 0) is 4.79 Å². The highest BCUT2D eigenvalue weighted by molar-refractivity contribution is 5.76. The first kappa shape index (κ1) is 50.8. The monoisotopic (exact) mass is 738 g/mol. The average molecular weight is 738 g/mol. The summed E-state index contributed by atoms with van der Waals surface area (Å²) in [6, 6.07) is -0.654. The van der Waals surface area contributed by atoms with Crippen molar-refractivity contribution in [3.05, 3.63) is 72.9 Å². The van der Waals surface area contributed by atoms with E-state index in [1.807, 2.05) is 6.08 Å². The molecule has 2 atom stereocenters. The third kappa shape index (κ3) is 40.8. The van der Waals surface area contributed by atoms with Crippen LogP contribution in [-0.4, -0.2) is 34.9 Å². The van der Waals surface area contributed by atoms with Crippen LogP contribution >= 0.6 is 0 Å². The molecule has 0 saturated heterocycles. The summed E-state index contributed by atoms with van der Waals surface area (Å²) in [4.78, 5) is 12.4. The molecule has 4 heteroatoms. The van der Waals surface area contributed by atoms with Crippen LogP contribution in [0.15, 0.2) is 72.9 Å². The zero-order valence-corrected chi connectivity index (χ0v) is 35.0. The SMILES string of the molecule is CC/C=C\C/C=C\C/C=C\CCCCCCCCCC(=O)NC(CO)C(O)/C=C/CC/C=C/CC/C=C/CCCCCCCCCCCCCCCC. The van der Waals surface area contributed by atoms with Crippen molar-refractivity contribution in [2.24, 2.45) is 0 Å². The molecule has 1 amide bonds. The van der Waals surface area contributed by atoms with Crippen LogP contribution < -0.4 is 5.32 Å². The quantitative estimate of drug-likeness (QED) is 0.0433. The van der Waals surface area contributed by atoms with Crippen molar-refractivity contribution in [3.63, 3.8) is 0 Å². The number of aliphatic hydroxyl groups excluding tert-OH is 2. The molecule has 0 aliphatic carbocycles. The molecule has 0 fully saturated rings. The standard InChI is InChI=1S/C49H87NO3/c1-3-5-7-9-11-13-15-17-19-21-22-23-24-25-26-27-29-30-32-34-36-38-40-42-44-48(52)47(46-51)50-49(53)45-43-41-39-37-35-33-31-28-20-18-16-14-12-10-8-6-4-2/h6,8,12,14,18,20,27,29,34,36,42,44,47-48,51-52H,3-5,7,9-11,13,15-17,19,21-26,28,30-33,35,37-41,43,45-46H2,1-2H3,(H,50,53)/b8-6-,14-12-,20-18-,29-27+,36-34+,44-42+. The lowest BCUT2D eigenvalue weighted by Crippen LogP contribution is -2.45. The highest BCUT2D eigenvalue weighted by Crippen LogP contribution is 2.14. The van der Waals surface area contributed by atoms with Crippen LogP contribution in [0, 0.1) is 0 Å². The maximum absolute atomic E-state index is 12.4. The number of hydrogen-bond acceptors (Lipinski definition) is 3. The van der Waals surface area contributed by atoms with E-state index in [1.165, 1.54) is 122 Å². The Morgan fingerprint density at radius 2 is 0.849 bits per heavy atom. The van der Waals surface area contributed by atoms with Gasteiger partial charge in [-0.15, -0.1) is 0 Å². The van der Waals surface area contributed by atoms with Crippen molar-refractivity contribution in [3.8, 4) is 0 Å². The summed E-state index contributed by atoms with van der Waals surface area (Å²) in [6.07, 6.45) is 63.0. The van der Waals surface area contributed by atoms with E-state index in [0.29, 0.717) is 6.42 Å². The lowest BCUT2D eigenvalue weighted by Gasteiger charge is -2.19. The van der Waals surface area contributed by atoms with Gasteiger partial charge in [-0.1, -0.05) is 202 Å². The maximum Gasteiger partial charge on any atom is 0.220 e. The molecule has 0 aromatic rings. The number of allylic oxidation sites excluding steroid dienone is 11. The Kier molecular flexibility index (Phi) is 42.4. The normalized spacial score (nSPS) is 13.7. The van der Waals surface area contributed by atoms with E-state index >= 15 is 0 Å². The van der Waals surface area contributed by atoms with Gasteiger partial charge in [0.25, 0.3) is 0 Å². The Bertz CT molecular complexity index is 930. The predicted molar refractivity (Wildman–Crippen MR) is 234 cm³/mol. The summed E-state index contributed by atoms with van der Waals surface area (Å²) in [7, 11) is 0. The maximum atomic E-state index is 12.4. The summed E-state index contributed by atoms with van der Waals surface area (Å²) >= 11 is 0. The summed E-state index contributed by atoms with van der Waals surface area (Å²) in [5, 5.41) is 23.0. The number of rotatable bonds is 40. The first-order valence-electron chi connectivity index (χ1n) is 22.7. The van der Waals surface area contributed by atoms with Crippen molar-refractivity contribution in [2.45, 2.75) is 225 Å². The van der Waals surface area contributed by atoms with Crippen molar-refractivity contribution in [1.82, 2.24) is 5.32 Å². The Morgan fingerprint density at radius 3 is 1.32 bits per heavy atom. The van der Waals surface area contributed by atoms with E-state index in [2.05, 4.69) is 79.9 Å². The summed E-state index contributed by atoms with van der Waals surface area (Å²) in [5.74, 6) is -0.0906. The van der Waals surface area contributed by atoms with Gasteiger partial charge >= 0.3 is 0 Å². The molecule has 0 aliphatic rings. The molecule has 0 heterocycles. The van der Waals surface area contributed by atoms with Crippen molar-refractivity contribution in [1.29, 1.82) is 0 Å². The third-order valence-corrected chi connectivity index (χ3v) is 9.90. The molecule has 0 aromatic heterocycles. The van der Waals surface area contributed by atoms with Crippen LogP contribution in [0.4, 0.5) is 0 Å². The number of aliphatic hydroxyl groups is 2. The largest absolute Gasteiger partial charge is 0.394 e. The van der Waals surface area contributed by atoms with Crippen LogP contribution in [0.1, 0.15) is 213 Å². The van der Waals surface area contributed by atoms with E-state index < -0.39 is 12.1 Å². The summed E-state index contributed by atoms with van der Waals surface area (Å²) in [5.41, 5.74) is 0. The van der Waals surface area contributed by atoms with E-state index in [4.69, 9.17) is 0 Å². The fraction of sp³-hybridized carbons (Fsp3) is 0.735. The first-order chi connectivity index (χ1) is 26.2. The predicted octanol–water partition coefficient (Wildman–Crippen LogP) is 14.3. The fourth-order valence-corrected chi connectivity index (χ4v) is 6.46. The Balaban J connectivity index is 3.66. The molecule has 0 saturated carbocycles. The van der Waals surface area contributed by atoms with Gasteiger partial charge in [0.15, 0.2) is 0 Å². The van der Waals surface area contributed by atoms with Crippen LogP contribution in [0.3, 0.4) is 0 Å². The highest BCUT2D eigenvalue weighted by atomic mass is 16.3. The van der Waals surface area contributed by atoms with Gasteiger partial charge in [0.1, 0.15) is 0 Å². The van der Waals surface area contributed by atoms with Gasteiger partial charge in [-0.3, -0.25) is 4.79 Å². The highest BCUT2D eigenvalue weighted by Gasteiger charge is 2.17. The van der Waals surface area contributed by atoms with E-state index in [9.17, 15) is 15.0 Å². The lowest BCUT2D eigenvalue weighted by molar-refractivity contribution is -0.123. The smallest absolute Gasteiger partial charge is 0.220 e. The molecule has 0 spiro atoms. The van der Waals surface area contributed by atoms with Gasteiger partial charge in [-0.25, -0.2) is 0 Å². The molecule has 0 aromatic carbocycles. The van der Waals surface area contributed by atoms with E-state index in [0.717, 1.165) is 70.6 Å². The number of carbonyl (C=O) groups is 1. The minimum atomic E-state index is -0.878. The zero-order valence-electron chi connectivity index (χ0n) is 35.0. The van der Waals surface area contributed by atoms with Gasteiger partial charge in [-0.2, -0.15) is 0 Å². The first-order valence-corrected chi connectivity index (χ1v) is 22.7. The number of amides is 1. The molecule has 0 rings (SSSR count). The van der Waals surface area contributed by atoms with E-state index in [-0.39, 0.29) is 12.5 Å². The molecule has 0 aliphatic heterocycles. The van der Waals surface area contributed by atoms with Gasteiger partial charge in [0.05, 0.1) is 18.8 Å². The molecule has 0 radical (unpaired) electrons. The van der Waals surface area contributed by atoms with Crippen molar-refractivity contribution in [2.75, 3.05) is 6.61 Å². The van der Waals surface area contributed by atoms with Crippen LogP contribution in [0.25, 0.3) is 0 Å². The van der Waals surface area contributed by atoms with Gasteiger partial charge < -0.3 is 15.5 Å². The molecular weight excluding hydrogens is 651 g/mol. The molecule has 306 valence electrons. The van der Waals surface area contributed by atoms with E-state index in [1.54, 1.807) is 6.08 Å². The van der Waals surface area contributed by atoms with Gasteiger partial charge in [0.2, 0.25) is 5.91 Å². The van der Waals surface area contributed by atoms with Crippen molar-refractivity contribution >= 4 is 5.91 Å². The average Bonchev–Trinajstić information content (AvgIpc) is 3.16. The van der Waals surface area contributed by atoms with Crippen LogP contribution in [0.2, 0.25) is 0 Å². The summed E-state index contributed by atoms with van der Waals surface area (Å²) in [6.45, 7) is 4.18. The molecule has 4 nitrogen and oxygen atoms in total. The number of hydrogen-bond donors (Lipinski definition) is 3. The third-order valence-electron chi connectivity index (χ3n) is 9.90. The minimum Gasteiger partial charge on any atom is -0.394 e. The second-order valence-corrected chi connectivity index (χ2v) is 15.1. The zero-order chi connectivity index (χ0) is 38.6.